The first-order valence-corrected chi connectivity index (χ1v) is 11.6. The van der Waals surface area contributed by atoms with Crippen molar-refractivity contribution in [1.29, 1.82) is 0 Å². The first kappa shape index (κ1) is 23.0. The van der Waals surface area contributed by atoms with Crippen molar-refractivity contribution in [3.05, 3.63) is 30.1 Å². The van der Waals surface area contributed by atoms with E-state index >= 15 is 0 Å². The zero-order valence-electron chi connectivity index (χ0n) is 18.3. The number of rotatable bonds is 8. The molecule has 31 heavy (non-hydrogen) atoms. The molecule has 0 radical (unpaired) electrons. The number of hydrogen-bond donors (Lipinski definition) is 0. The highest BCUT2D eigenvalue weighted by atomic mass is 32.2. The molecule has 1 aliphatic rings. The van der Waals surface area contributed by atoms with E-state index in [0.717, 1.165) is 19.3 Å². The lowest BCUT2D eigenvalue weighted by atomic mass is 10.0. The number of carbonyl (C=O) groups excluding carboxylic acids is 1. The predicted molar refractivity (Wildman–Crippen MR) is 114 cm³/mol. The van der Waals surface area contributed by atoms with Crippen molar-refractivity contribution in [3.8, 4) is 11.5 Å². The molecule has 2 aromatic rings. The maximum atomic E-state index is 13.5. The van der Waals surface area contributed by atoms with Gasteiger partial charge in [0.15, 0.2) is 5.69 Å². The monoisotopic (exact) mass is 451 g/mol. The Hall–Kier alpha value is -2.66. The lowest BCUT2D eigenvalue weighted by Crippen LogP contribution is -2.44. The zero-order chi connectivity index (χ0) is 22.6. The number of carbonyl (C=O) groups is 1. The first-order valence-electron chi connectivity index (χ1n) is 10.1. The van der Waals surface area contributed by atoms with Gasteiger partial charge in [-0.2, -0.15) is 4.31 Å². The number of sulfonamides is 1. The van der Waals surface area contributed by atoms with Gasteiger partial charge in [0, 0.05) is 39.3 Å². The number of piperidine rings is 1. The molecule has 1 unspecified atom stereocenters. The predicted octanol–water partition coefficient (Wildman–Crippen LogP) is 1.63. The second-order valence-corrected chi connectivity index (χ2v) is 9.50. The van der Waals surface area contributed by atoms with Gasteiger partial charge in [0.2, 0.25) is 10.0 Å². The Morgan fingerprint density at radius 2 is 2.00 bits per heavy atom. The first-order chi connectivity index (χ1) is 14.8. The number of ether oxygens (including phenoxy) is 2. The molecule has 11 heteroatoms. The zero-order valence-corrected chi connectivity index (χ0v) is 19.1. The van der Waals surface area contributed by atoms with E-state index in [2.05, 4.69) is 10.3 Å². The average molecular weight is 452 g/mol. The lowest BCUT2D eigenvalue weighted by Gasteiger charge is -2.35. The minimum Gasteiger partial charge on any atom is -0.497 e. The van der Waals surface area contributed by atoms with Crippen molar-refractivity contribution in [3.63, 3.8) is 0 Å². The Labute approximate surface area is 182 Å². The highest BCUT2D eigenvalue weighted by Gasteiger charge is 2.35. The van der Waals surface area contributed by atoms with E-state index in [4.69, 9.17) is 9.47 Å². The summed E-state index contributed by atoms with van der Waals surface area (Å²) < 4.78 is 40.7. The van der Waals surface area contributed by atoms with Crippen molar-refractivity contribution < 1.29 is 22.7 Å². The summed E-state index contributed by atoms with van der Waals surface area (Å²) in [6, 6.07) is 4.58. The Balaban J connectivity index is 1.80. The molecule has 2 heterocycles. The van der Waals surface area contributed by atoms with Gasteiger partial charge in [0.25, 0.3) is 5.91 Å². The Morgan fingerprint density at radius 1 is 1.23 bits per heavy atom. The van der Waals surface area contributed by atoms with E-state index in [-0.39, 0.29) is 28.3 Å². The summed E-state index contributed by atoms with van der Waals surface area (Å²) in [5.41, 5.74) is 0.263. The van der Waals surface area contributed by atoms with Crippen molar-refractivity contribution in [2.24, 2.45) is 0 Å². The molecular formula is C20H29N5O5S. The molecule has 1 amide bonds. The number of aryl methyl sites for hydroxylation is 1. The molecule has 1 atom stereocenters. The van der Waals surface area contributed by atoms with E-state index in [9.17, 15) is 13.2 Å². The third-order valence-corrected chi connectivity index (χ3v) is 7.36. The maximum Gasteiger partial charge on any atom is 0.275 e. The van der Waals surface area contributed by atoms with Crippen LogP contribution < -0.4 is 9.47 Å². The van der Waals surface area contributed by atoms with Crippen LogP contribution in [-0.4, -0.2) is 79.4 Å². The van der Waals surface area contributed by atoms with Crippen LogP contribution in [0.3, 0.4) is 0 Å². The van der Waals surface area contributed by atoms with Crippen molar-refractivity contribution in [2.75, 3.05) is 34.9 Å². The number of aromatic nitrogens is 3. The highest BCUT2D eigenvalue weighted by molar-refractivity contribution is 7.89. The number of hydrogen-bond acceptors (Lipinski definition) is 7. The fourth-order valence-electron chi connectivity index (χ4n) is 3.71. The second kappa shape index (κ2) is 9.65. The minimum absolute atomic E-state index is 0.0980. The molecule has 1 saturated heterocycles. The normalized spacial score (nSPS) is 17.4. The van der Waals surface area contributed by atoms with Crippen LogP contribution >= 0.6 is 0 Å². The Morgan fingerprint density at radius 3 is 2.68 bits per heavy atom. The number of benzene rings is 1. The van der Waals surface area contributed by atoms with Crippen molar-refractivity contribution >= 4 is 15.9 Å². The summed E-state index contributed by atoms with van der Waals surface area (Å²) in [4.78, 5) is 13.6. The van der Waals surface area contributed by atoms with Crippen LogP contribution in [0.5, 0.6) is 11.5 Å². The quantitative estimate of drug-likeness (QED) is 0.600. The molecule has 1 aromatic heterocycles. The van der Waals surface area contributed by atoms with Gasteiger partial charge < -0.3 is 14.4 Å². The smallest absolute Gasteiger partial charge is 0.275 e. The van der Waals surface area contributed by atoms with Crippen LogP contribution in [0, 0.1) is 0 Å². The summed E-state index contributed by atoms with van der Waals surface area (Å²) >= 11 is 0. The summed E-state index contributed by atoms with van der Waals surface area (Å²) in [6.45, 7) is 0.898. The number of amides is 1. The van der Waals surface area contributed by atoms with Gasteiger partial charge >= 0.3 is 0 Å². The van der Waals surface area contributed by atoms with E-state index in [1.54, 1.807) is 41.4 Å². The molecule has 0 aliphatic carbocycles. The molecule has 1 fully saturated rings. The maximum absolute atomic E-state index is 13.5. The third kappa shape index (κ3) is 4.99. The molecule has 10 nitrogen and oxygen atoms in total. The summed E-state index contributed by atoms with van der Waals surface area (Å²) in [7, 11) is 2.46. The molecule has 0 bridgehead atoms. The summed E-state index contributed by atoms with van der Waals surface area (Å²) in [6.07, 6.45) is 4.66. The van der Waals surface area contributed by atoms with Crippen LogP contribution in [0.4, 0.5) is 0 Å². The van der Waals surface area contributed by atoms with Gasteiger partial charge in [0.1, 0.15) is 16.4 Å². The average Bonchev–Trinajstić information content (AvgIpc) is 3.25. The third-order valence-electron chi connectivity index (χ3n) is 5.39. The molecule has 0 N–H and O–H groups in total. The number of nitrogens with zero attached hydrogens (tertiary/aromatic N) is 5. The molecule has 0 spiro atoms. The van der Waals surface area contributed by atoms with Crippen LogP contribution in [-0.2, 0) is 16.6 Å². The fraction of sp³-hybridized carbons (Fsp3) is 0.550. The van der Waals surface area contributed by atoms with Crippen molar-refractivity contribution in [2.45, 2.75) is 43.2 Å². The molecule has 1 aromatic carbocycles. The summed E-state index contributed by atoms with van der Waals surface area (Å²) in [5, 5.41) is 7.93. The van der Waals surface area contributed by atoms with E-state index in [0.29, 0.717) is 25.3 Å². The molecule has 1 aliphatic heterocycles. The van der Waals surface area contributed by atoms with Gasteiger partial charge in [0.05, 0.1) is 20.4 Å². The van der Waals surface area contributed by atoms with Gasteiger partial charge in [-0.05, 0) is 31.4 Å². The van der Waals surface area contributed by atoms with Gasteiger partial charge in [-0.1, -0.05) is 11.6 Å². The number of methoxy groups -OCH3 is 2. The molecule has 0 saturated carbocycles. The van der Waals surface area contributed by atoms with Crippen molar-refractivity contribution in [1.82, 2.24) is 24.2 Å². The van der Waals surface area contributed by atoms with Gasteiger partial charge in [-0.25, -0.2) is 8.42 Å². The van der Waals surface area contributed by atoms with Crippen LogP contribution in [0.25, 0.3) is 0 Å². The van der Waals surface area contributed by atoms with E-state index in [1.807, 2.05) is 0 Å². The largest absolute Gasteiger partial charge is 0.497 e. The highest BCUT2D eigenvalue weighted by Crippen LogP contribution is 2.34. The molecule has 170 valence electrons. The van der Waals surface area contributed by atoms with Crippen LogP contribution in [0.15, 0.2) is 29.3 Å². The van der Waals surface area contributed by atoms with Gasteiger partial charge in [-0.15, -0.1) is 5.10 Å². The summed E-state index contributed by atoms with van der Waals surface area (Å²) in [5.74, 6) is 0.514. The minimum atomic E-state index is -3.79. The lowest BCUT2D eigenvalue weighted by molar-refractivity contribution is 0.0822. The second-order valence-electron chi connectivity index (χ2n) is 7.64. The topological polar surface area (TPSA) is 107 Å². The standard InChI is InChI=1S/C20H29N5O5S/c1-23(2)20(26)17-14-24(22-21-17)12-10-15-7-5-6-11-25(15)31(27,28)19-13-16(29-3)8-9-18(19)30-4/h8-9,13-15H,5-7,10-12H2,1-4H3. The van der Waals surface area contributed by atoms with Crippen LogP contribution in [0.1, 0.15) is 36.2 Å². The van der Waals surface area contributed by atoms with E-state index in [1.165, 1.54) is 25.2 Å². The van der Waals surface area contributed by atoms with Gasteiger partial charge in [-0.3, -0.25) is 9.48 Å². The van der Waals surface area contributed by atoms with Crippen LogP contribution in [0.2, 0.25) is 0 Å². The molecule has 3 rings (SSSR count). The molecular weight excluding hydrogens is 422 g/mol. The SMILES string of the molecule is COc1ccc(OC)c(S(=O)(=O)N2CCCCC2CCn2cc(C(=O)N(C)C)nn2)c1. The Kier molecular flexibility index (Phi) is 7.16. The Bertz CT molecular complexity index is 1020. The fourth-order valence-corrected chi connectivity index (χ4v) is 5.60. The van der Waals surface area contributed by atoms with E-state index < -0.39 is 10.0 Å².